The van der Waals surface area contributed by atoms with Crippen LogP contribution in [0.1, 0.15) is 39.2 Å². The highest BCUT2D eigenvalue weighted by Gasteiger charge is 2.26. The van der Waals surface area contributed by atoms with Crippen LogP contribution in [0.5, 0.6) is 0 Å². The predicted octanol–water partition coefficient (Wildman–Crippen LogP) is 5.21. The number of thiophene rings is 1. The summed E-state index contributed by atoms with van der Waals surface area (Å²) >= 11 is 18.9. The molecule has 0 spiro atoms. The average molecular weight is 429 g/mol. The molecule has 0 bridgehead atoms. The number of nitrogens with one attached hydrogen (secondary N) is 2. The average Bonchev–Trinajstić information content (AvgIpc) is 2.99. The Morgan fingerprint density at radius 2 is 2.04 bits per heavy atom. The van der Waals surface area contributed by atoms with Crippen molar-refractivity contribution in [1.82, 2.24) is 5.32 Å². The summed E-state index contributed by atoms with van der Waals surface area (Å²) in [6, 6.07) is 5.43. The van der Waals surface area contributed by atoms with Crippen LogP contribution in [0.4, 0.5) is 5.00 Å². The number of ether oxygens (including phenoxy) is 1. The highest BCUT2D eigenvalue weighted by Crippen LogP contribution is 2.38. The highest BCUT2D eigenvalue weighted by molar-refractivity contribution is 7.80. The standard InChI is InChI=1S/C18H18Cl2N2O2S2/c1-24-17(23)15-11-4-2-3-5-14(11)26-16(15)22-18(25)21-9-10-6-7-12(19)13(20)8-10/h6-8H,2-5,9H2,1H3,(H2,21,22,25). The molecule has 4 nitrogen and oxygen atoms in total. The molecule has 1 aliphatic rings. The zero-order chi connectivity index (χ0) is 18.7. The molecule has 1 aromatic carbocycles. The van der Waals surface area contributed by atoms with Gasteiger partial charge in [0.1, 0.15) is 5.00 Å². The van der Waals surface area contributed by atoms with Gasteiger partial charge in [-0.1, -0.05) is 29.3 Å². The van der Waals surface area contributed by atoms with Crippen molar-refractivity contribution in [3.8, 4) is 0 Å². The number of hydrogen-bond acceptors (Lipinski definition) is 4. The van der Waals surface area contributed by atoms with E-state index in [0.717, 1.165) is 41.8 Å². The van der Waals surface area contributed by atoms with E-state index in [-0.39, 0.29) is 5.97 Å². The van der Waals surface area contributed by atoms with E-state index in [1.54, 1.807) is 23.5 Å². The van der Waals surface area contributed by atoms with Gasteiger partial charge in [0.25, 0.3) is 0 Å². The fourth-order valence-corrected chi connectivity index (χ4v) is 4.79. The fourth-order valence-electron chi connectivity index (χ4n) is 2.95. The molecule has 0 fully saturated rings. The van der Waals surface area contributed by atoms with E-state index >= 15 is 0 Å². The predicted molar refractivity (Wildman–Crippen MR) is 112 cm³/mol. The molecule has 2 N–H and O–H groups in total. The Hall–Kier alpha value is -1.34. The van der Waals surface area contributed by atoms with Crippen molar-refractivity contribution in [3.63, 3.8) is 0 Å². The largest absolute Gasteiger partial charge is 0.465 e. The van der Waals surface area contributed by atoms with E-state index in [0.29, 0.717) is 27.3 Å². The second kappa shape index (κ2) is 8.57. The first-order chi connectivity index (χ1) is 12.5. The summed E-state index contributed by atoms with van der Waals surface area (Å²) in [6.07, 6.45) is 4.14. The number of thiocarbonyl (C=S) groups is 1. The molecule has 0 radical (unpaired) electrons. The summed E-state index contributed by atoms with van der Waals surface area (Å²) in [5.41, 5.74) is 2.68. The number of anilines is 1. The number of hydrogen-bond donors (Lipinski definition) is 2. The summed E-state index contributed by atoms with van der Waals surface area (Å²) in [5.74, 6) is -0.320. The van der Waals surface area contributed by atoms with Crippen LogP contribution in [0.3, 0.4) is 0 Å². The Kier molecular flexibility index (Phi) is 6.40. The van der Waals surface area contributed by atoms with Crippen molar-refractivity contribution in [2.45, 2.75) is 32.2 Å². The van der Waals surface area contributed by atoms with Gasteiger partial charge in [-0.3, -0.25) is 0 Å². The van der Waals surface area contributed by atoms with Crippen LogP contribution in [-0.4, -0.2) is 18.2 Å². The number of aryl methyl sites for hydroxylation is 1. The number of benzene rings is 1. The maximum atomic E-state index is 12.3. The Balaban J connectivity index is 1.71. The Morgan fingerprint density at radius 1 is 1.27 bits per heavy atom. The monoisotopic (exact) mass is 428 g/mol. The van der Waals surface area contributed by atoms with E-state index in [4.69, 9.17) is 40.2 Å². The maximum absolute atomic E-state index is 12.3. The number of carbonyl (C=O) groups is 1. The van der Waals surface area contributed by atoms with Crippen LogP contribution < -0.4 is 10.6 Å². The maximum Gasteiger partial charge on any atom is 0.341 e. The Labute approximate surface area is 171 Å². The lowest BCUT2D eigenvalue weighted by Gasteiger charge is -2.12. The zero-order valence-electron chi connectivity index (χ0n) is 14.2. The number of carbonyl (C=O) groups excluding carboxylic acids is 1. The quantitative estimate of drug-likeness (QED) is 0.517. The number of methoxy groups -OCH3 is 1. The molecule has 1 heterocycles. The number of esters is 1. The molecule has 3 rings (SSSR count). The van der Waals surface area contributed by atoms with Crippen LogP contribution in [-0.2, 0) is 24.1 Å². The van der Waals surface area contributed by atoms with Gasteiger partial charge in [-0.15, -0.1) is 11.3 Å². The van der Waals surface area contributed by atoms with Gasteiger partial charge < -0.3 is 15.4 Å². The summed E-state index contributed by atoms with van der Waals surface area (Å²) in [4.78, 5) is 13.5. The minimum Gasteiger partial charge on any atom is -0.465 e. The third kappa shape index (κ3) is 4.31. The van der Waals surface area contributed by atoms with Crippen LogP contribution in [0, 0.1) is 0 Å². The molecule has 8 heteroatoms. The third-order valence-electron chi connectivity index (χ3n) is 4.22. The third-order valence-corrected chi connectivity index (χ3v) is 6.42. The highest BCUT2D eigenvalue weighted by atomic mass is 35.5. The molecule has 0 amide bonds. The van der Waals surface area contributed by atoms with Crippen molar-refractivity contribution in [1.29, 1.82) is 0 Å². The van der Waals surface area contributed by atoms with Crippen LogP contribution in [0.25, 0.3) is 0 Å². The second-order valence-electron chi connectivity index (χ2n) is 5.96. The first-order valence-electron chi connectivity index (χ1n) is 8.21. The van der Waals surface area contributed by atoms with Gasteiger partial charge in [-0.05, 0) is 61.2 Å². The van der Waals surface area contributed by atoms with E-state index in [9.17, 15) is 4.79 Å². The molecular formula is C18H18Cl2N2O2S2. The molecule has 0 saturated carbocycles. The minimum atomic E-state index is -0.320. The number of rotatable bonds is 4. The van der Waals surface area contributed by atoms with Gasteiger partial charge in [0, 0.05) is 11.4 Å². The lowest BCUT2D eigenvalue weighted by Crippen LogP contribution is -2.28. The summed E-state index contributed by atoms with van der Waals surface area (Å²) in [5, 5.41) is 8.50. The molecule has 2 aromatic rings. The van der Waals surface area contributed by atoms with Crippen molar-refractivity contribution < 1.29 is 9.53 Å². The first-order valence-corrected chi connectivity index (χ1v) is 10.2. The van der Waals surface area contributed by atoms with Gasteiger partial charge in [0.15, 0.2) is 5.11 Å². The van der Waals surface area contributed by atoms with Gasteiger partial charge >= 0.3 is 5.97 Å². The normalized spacial score (nSPS) is 13.0. The van der Waals surface area contributed by atoms with E-state index in [1.807, 2.05) is 6.07 Å². The number of fused-ring (bicyclic) bond motifs is 1. The SMILES string of the molecule is COC(=O)c1c(NC(=S)NCc2ccc(Cl)c(Cl)c2)sc2c1CCCC2. The Morgan fingerprint density at radius 3 is 2.77 bits per heavy atom. The Bertz CT molecular complexity index is 852. The lowest BCUT2D eigenvalue weighted by atomic mass is 9.95. The number of halogens is 2. The van der Waals surface area contributed by atoms with Gasteiger partial charge in [0.2, 0.25) is 0 Å². The molecule has 0 atom stereocenters. The first kappa shape index (κ1) is 19.4. The molecule has 1 aromatic heterocycles. The van der Waals surface area contributed by atoms with E-state index in [1.165, 1.54) is 12.0 Å². The van der Waals surface area contributed by atoms with Crippen LogP contribution in [0.15, 0.2) is 18.2 Å². The zero-order valence-corrected chi connectivity index (χ0v) is 17.3. The molecule has 0 aliphatic heterocycles. The smallest absolute Gasteiger partial charge is 0.341 e. The van der Waals surface area contributed by atoms with Crippen molar-refractivity contribution in [2.75, 3.05) is 12.4 Å². The van der Waals surface area contributed by atoms with Gasteiger partial charge in [0.05, 0.1) is 22.7 Å². The molecule has 1 aliphatic carbocycles. The minimum absolute atomic E-state index is 0.320. The topological polar surface area (TPSA) is 50.4 Å². The molecule has 0 unspecified atom stereocenters. The second-order valence-corrected chi connectivity index (χ2v) is 8.29. The fraction of sp³-hybridized carbons (Fsp3) is 0.333. The summed E-state index contributed by atoms with van der Waals surface area (Å²) in [6.45, 7) is 0.501. The van der Waals surface area contributed by atoms with Crippen LogP contribution in [0.2, 0.25) is 10.0 Å². The van der Waals surface area contributed by atoms with Crippen molar-refractivity contribution in [2.24, 2.45) is 0 Å². The lowest BCUT2D eigenvalue weighted by molar-refractivity contribution is 0.0601. The van der Waals surface area contributed by atoms with Crippen molar-refractivity contribution >= 4 is 62.8 Å². The van der Waals surface area contributed by atoms with E-state index in [2.05, 4.69) is 10.6 Å². The van der Waals surface area contributed by atoms with Crippen molar-refractivity contribution in [3.05, 3.63) is 49.8 Å². The van der Waals surface area contributed by atoms with Gasteiger partial charge in [-0.25, -0.2) is 4.79 Å². The van der Waals surface area contributed by atoms with Gasteiger partial charge in [-0.2, -0.15) is 0 Å². The molecular weight excluding hydrogens is 411 g/mol. The van der Waals surface area contributed by atoms with Crippen LogP contribution >= 0.6 is 46.8 Å². The molecule has 26 heavy (non-hydrogen) atoms. The molecule has 138 valence electrons. The molecule has 0 saturated heterocycles. The summed E-state index contributed by atoms with van der Waals surface area (Å²) in [7, 11) is 1.40. The van der Waals surface area contributed by atoms with E-state index < -0.39 is 0 Å². The summed E-state index contributed by atoms with van der Waals surface area (Å²) < 4.78 is 4.97.